The number of nitrogens with one attached hydrogen (secondary N) is 3. The second-order valence-electron chi connectivity index (χ2n) is 9.22. The first kappa shape index (κ1) is 21.7. The van der Waals surface area contributed by atoms with E-state index in [1.807, 2.05) is 12.3 Å². The molecule has 3 N–H and O–H groups in total. The van der Waals surface area contributed by atoms with Gasteiger partial charge in [0.1, 0.15) is 0 Å². The van der Waals surface area contributed by atoms with Crippen molar-refractivity contribution in [3.63, 3.8) is 0 Å². The third kappa shape index (κ3) is 5.43. The number of anilines is 4. The van der Waals surface area contributed by atoms with Crippen molar-refractivity contribution in [1.82, 2.24) is 19.9 Å². The lowest BCUT2D eigenvalue weighted by Crippen LogP contribution is -2.32. The van der Waals surface area contributed by atoms with Gasteiger partial charge in [0.2, 0.25) is 17.8 Å². The predicted octanol–water partition coefficient (Wildman–Crippen LogP) is 4.94. The summed E-state index contributed by atoms with van der Waals surface area (Å²) >= 11 is 0. The summed E-state index contributed by atoms with van der Waals surface area (Å²) in [5.41, 5.74) is 3.24. The van der Waals surface area contributed by atoms with Crippen LogP contribution in [0.15, 0.2) is 30.5 Å². The van der Waals surface area contributed by atoms with Crippen LogP contribution < -0.4 is 20.9 Å². The molecule has 8 heteroatoms. The summed E-state index contributed by atoms with van der Waals surface area (Å²) in [6, 6.07) is 8.79. The van der Waals surface area contributed by atoms with E-state index in [1.54, 1.807) is 0 Å². The number of aryl methyl sites for hydroxylation is 1. The number of aromatic nitrogens is 4. The fraction of sp³-hybridized carbons (Fsp3) is 0.520. The standard InChI is InChI=1S/C25H34N8/c1-18-10-11-20-21(12-13-26-22(20)16-18)27-17-28-23-30-24(29-19-8-4-2-5-9-19)32-25(31-23)33-14-6-3-7-15-33/h10-13,16,19H,2-9,14-15,17H2,1H3,(H,26,27)(H2,28,29,30,31,32). The number of pyridine rings is 1. The molecule has 8 nitrogen and oxygen atoms in total. The van der Waals surface area contributed by atoms with E-state index in [1.165, 1.54) is 56.9 Å². The number of fused-ring (bicyclic) bond motifs is 1. The SMILES string of the molecule is Cc1ccc2c(NCNc3nc(NC4CCCCC4)nc(N4CCCCC4)n3)ccnc2c1. The van der Waals surface area contributed by atoms with Crippen LogP contribution in [0.5, 0.6) is 0 Å². The summed E-state index contributed by atoms with van der Waals surface area (Å²) < 4.78 is 0. The summed E-state index contributed by atoms with van der Waals surface area (Å²) in [7, 11) is 0. The molecular weight excluding hydrogens is 412 g/mol. The summed E-state index contributed by atoms with van der Waals surface area (Å²) in [6.45, 7) is 4.61. The minimum atomic E-state index is 0.452. The third-order valence-corrected chi connectivity index (χ3v) is 6.62. The Kier molecular flexibility index (Phi) is 6.69. The van der Waals surface area contributed by atoms with Crippen LogP contribution in [0.4, 0.5) is 23.5 Å². The summed E-state index contributed by atoms with van der Waals surface area (Å²) in [5, 5.41) is 11.5. The maximum absolute atomic E-state index is 4.79. The fourth-order valence-electron chi connectivity index (χ4n) is 4.80. The molecule has 0 atom stereocenters. The zero-order valence-corrected chi connectivity index (χ0v) is 19.5. The van der Waals surface area contributed by atoms with E-state index in [-0.39, 0.29) is 0 Å². The van der Waals surface area contributed by atoms with Crippen molar-refractivity contribution in [2.45, 2.75) is 64.3 Å². The van der Waals surface area contributed by atoms with E-state index in [0.29, 0.717) is 24.6 Å². The van der Waals surface area contributed by atoms with Gasteiger partial charge in [0.05, 0.1) is 12.2 Å². The first-order valence-electron chi connectivity index (χ1n) is 12.4. The van der Waals surface area contributed by atoms with Crippen LogP contribution in [0.25, 0.3) is 10.9 Å². The van der Waals surface area contributed by atoms with Crippen molar-refractivity contribution < 1.29 is 0 Å². The Balaban J connectivity index is 1.31. The lowest BCUT2D eigenvalue weighted by molar-refractivity contribution is 0.460. The Hall–Kier alpha value is -3.16. The minimum absolute atomic E-state index is 0.452. The molecule has 2 aliphatic rings. The molecule has 1 aliphatic carbocycles. The van der Waals surface area contributed by atoms with Gasteiger partial charge in [-0.2, -0.15) is 15.0 Å². The van der Waals surface area contributed by atoms with Crippen LogP contribution in [-0.2, 0) is 0 Å². The molecule has 174 valence electrons. The minimum Gasteiger partial charge on any atom is -0.367 e. The van der Waals surface area contributed by atoms with Gasteiger partial charge in [-0.15, -0.1) is 0 Å². The first-order valence-corrected chi connectivity index (χ1v) is 12.4. The van der Waals surface area contributed by atoms with Gasteiger partial charge in [0.15, 0.2) is 0 Å². The summed E-state index contributed by atoms with van der Waals surface area (Å²) in [6.07, 6.45) is 11.7. The zero-order chi connectivity index (χ0) is 22.5. The molecule has 3 heterocycles. The maximum Gasteiger partial charge on any atom is 0.231 e. The highest BCUT2D eigenvalue weighted by Gasteiger charge is 2.19. The molecule has 2 aromatic heterocycles. The topological polar surface area (TPSA) is 90.9 Å². The number of rotatable bonds is 7. The van der Waals surface area contributed by atoms with Crippen LogP contribution in [0.3, 0.4) is 0 Å². The lowest BCUT2D eigenvalue weighted by Gasteiger charge is -2.28. The highest BCUT2D eigenvalue weighted by atomic mass is 15.3. The van der Waals surface area contributed by atoms with Crippen LogP contribution in [0, 0.1) is 6.92 Å². The monoisotopic (exact) mass is 446 g/mol. The van der Waals surface area contributed by atoms with Crippen molar-refractivity contribution in [2.24, 2.45) is 0 Å². The molecule has 1 aliphatic heterocycles. The number of piperidine rings is 1. The van der Waals surface area contributed by atoms with Crippen molar-refractivity contribution in [1.29, 1.82) is 0 Å². The molecule has 1 saturated carbocycles. The second kappa shape index (κ2) is 10.2. The van der Waals surface area contributed by atoms with Crippen LogP contribution in [0.1, 0.15) is 56.9 Å². The molecule has 0 radical (unpaired) electrons. The maximum atomic E-state index is 4.79. The van der Waals surface area contributed by atoms with Crippen molar-refractivity contribution in [3.05, 3.63) is 36.0 Å². The Morgan fingerprint density at radius 3 is 2.52 bits per heavy atom. The average molecular weight is 447 g/mol. The van der Waals surface area contributed by atoms with E-state index >= 15 is 0 Å². The molecule has 3 aromatic rings. The lowest BCUT2D eigenvalue weighted by atomic mass is 9.96. The van der Waals surface area contributed by atoms with E-state index < -0.39 is 0 Å². The van der Waals surface area contributed by atoms with Crippen molar-refractivity contribution in [3.8, 4) is 0 Å². The van der Waals surface area contributed by atoms with Crippen LogP contribution in [-0.4, -0.2) is 45.7 Å². The van der Waals surface area contributed by atoms with E-state index in [4.69, 9.17) is 15.0 Å². The van der Waals surface area contributed by atoms with Gasteiger partial charge in [-0.05, 0) is 56.7 Å². The van der Waals surface area contributed by atoms with Crippen molar-refractivity contribution in [2.75, 3.05) is 40.6 Å². The molecular formula is C25H34N8. The Labute approximate surface area is 195 Å². The highest BCUT2D eigenvalue weighted by Crippen LogP contribution is 2.24. The number of hydrogen-bond acceptors (Lipinski definition) is 8. The normalized spacial score (nSPS) is 17.2. The third-order valence-electron chi connectivity index (χ3n) is 6.62. The predicted molar refractivity (Wildman–Crippen MR) is 135 cm³/mol. The number of hydrogen-bond donors (Lipinski definition) is 3. The molecule has 1 aromatic carbocycles. The zero-order valence-electron chi connectivity index (χ0n) is 19.5. The molecule has 0 amide bonds. The average Bonchev–Trinajstić information content (AvgIpc) is 2.85. The van der Waals surface area contributed by atoms with Gasteiger partial charge in [-0.1, -0.05) is 31.4 Å². The number of benzene rings is 1. The first-order chi connectivity index (χ1) is 16.2. The largest absolute Gasteiger partial charge is 0.367 e. The summed E-state index contributed by atoms with van der Waals surface area (Å²) in [5.74, 6) is 2.06. The van der Waals surface area contributed by atoms with Gasteiger partial charge in [-0.3, -0.25) is 4.98 Å². The van der Waals surface area contributed by atoms with Gasteiger partial charge in [0.25, 0.3) is 0 Å². The molecule has 0 spiro atoms. The summed E-state index contributed by atoms with van der Waals surface area (Å²) in [4.78, 5) is 21.0. The second-order valence-corrected chi connectivity index (χ2v) is 9.22. The van der Waals surface area contributed by atoms with E-state index in [9.17, 15) is 0 Å². The quantitative estimate of drug-likeness (QED) is 0.440. The van der Waals surface area contributed by atoms with Crippen molar-refractivity contribution >= 4 is 34.4 Å². The fourth-order valence-corrected chi connectivity index (χ4v) is 4.80. The van der Waals surface area contributed by atoms with Crippen LogP contribution in [0.2, 0.25) is 0 Å². The van der Waals surface area contributed by atoms with E-state index in [2.05, 4.69) is 51.0 Å². The van der Waals surface area contributed by atoms with Gasteiger partial charge < -0.3 is 20.9 Å². The molecule has 2 fully saturated rings. The van der Waals surface area contributed by atoms with Gasteiger partial charge in [-0.25, -0.2) is 0 Å². The molecule has 33 heavy (non-hydrogen) atoms. The Bertz CT molecular complexity index is 1070. The van der Waals surface area contributed by atoms with E-state index in [0.717, 1.165) is 35.6 Å². The Morgan fingerprint density at radius 1 is 0.879 bits per heavy atom. The molecule has 0 unspecified atom stereocenters. The highest BCUT2D eigenvalue weighted by molar-refractivity contribution is 5.91. The smallest absolute Gasteiger partial charge is 0.231 e. The molecule has 5 rings (SSSR count). The number of nitrogens with zero attached hydrogens (tertiary/aromatic N) is 5. The molecule has 0 bridgehead atoms. The van der Waals surface area contributed by atoms with Gasteiger partial charge in [0, 0.05) is 36.4 Å². The molecule has 1 saturated heterocycles. The van der Waals surface area contributed by atoms with Crippen LogP contribution >= 0.6 is 0 Å². The van der Waals surface area contributed by atoms with Gasteiger partial charge >= 0.3 is 0 Å². The Morgan fingerprint density at radius 2 is 1.67 bits per heavy atom.